The van der Waals surface area contributed by atoms with Gasteiger partial charge in [0.05, 0.1) is 18.3 Å². The van der Waals surface area contributed by atoms with Crippen molar-refractivity contribution in [3.8, 4) is 11.3 Å². The average molecular weight is 345 g/mol. The van der Waals surface area contributed by atoms with Crippen LogP contribution in [0.25, 0.3) is 11.3 Å². The van der Waals surface area contributed by atoms with Gasteiger partial charge in [0, 0.05) is 16.7 Å². The maximum Gasteiger partial charge on any atom is 0.266 e. The number of benzene rings is 2. The molecule has 3 rings (SSSR count). The molecule has 1 aromatic heterocycles. The van der Waals surface area contributed by atoms with Gasteiger partial charge in [0.15, 0.2) is 0 Å². The molecule has 0 aliphatic carbocycles. The molecule has 0 saturated carbocycles. The number of hydrogen-bond acceptors (Lipinski definition) is 3. The van der Waals surface area contributed by atoms with E-state index in [1.54, 1.807) is 42.5 Å². The predicted octanol–water partition coefficient (Wildman–Crippen LogP) is 3.44. The van der Waals surface area contributed by atoms with E-state index in [-0.39, 0.29) is 12.1 Å². The number of aliphatic hydroxyl groups excluding tert-OH is 1. The molecule has 0 amide bonds. The van der Waals surface area contributed by atoms with E-state index < -0.39 is 11.9 Å². The molecule has 0 saturated heterocycles. The summed E-state index contributed by atoms with van der Waals surface area (Å²) >= 11 is 5.82. The van der Waals surface area contributed by atoms with E-state index in [4.69, 9.17) is 11.6 Å². The van der Waals surface area contributed by atoms with Gasteiger partial charge >= 0.3 is 0 Å². The fourth-order valence-corrected chi connectivity index (χ4v) is 2.47. The van der Waals surface area contributed by atoms with Crippen LogP contribution in [0.15, 0.2) is 65.5 Å². The van der Waals surface area contributed by atoms with Gasteiger partial charge in [0.2, 0.25) is 0 Å². The topological polar surface area (TPSA) is 55.1 Å². The predicted molar refractivity (Wildman–Crippen MR) is 90.3 cm³/mol. The fraction of sp³-hybridized carbons (Fsp3) is 0.111. The van der Waals surface area contributed by atoms with E-state index in [2.05, 4.69) is 5.10 Å². The van der Waals surface area contributed by atoms with Gasteiger partial charge < -0.3 is 5.11 Å². The Kier molecular flexibility index (Phi) is 4.74. The van der Waals surface area contributed by atoms with Crippen LogP contribution >= 0.6 is 11.6 Å². The Balaban J connectivity index is 1.91. The zero-order valence-corrected chi connectivity index (χ0v) is 13.3. The monoisotopic (exact) mass is 344 g/mol. The SMILES string of the molecule is O=c1ccc(-c2ccccc2F)nn1CC(O)c1ccc(Cl)cc1. The molecule has 4 nitrogen and oxygen atoms in total. The van der Waals surface area contributed by atoms with Gasteiger partial charge in [-0.2, -0.15) is 5.10 Å². The molecule has 3 aromatic rings. The number of halogens is 2. The van der Waals surface area contributed by atoms with Gasteiger partial charge in [0.25, 0.3) is 5.56 Å². The lowest BCUT2D eigenvalue weighted by Crippen LogP contribution is -2.25. The third kappa shape index (κ3) is 3.53. The number of aliphatic hydroxyl groups is 1. The summed E-state index contributed by atoms with van der Waals surface area (Å²) in [6.45, 7) is -0.0389. The van der Waals surface area contributed by atoms with E-state index in [0.29, 0.717) is 21.8 Å². The van der Waals surface area contributed by atoms with Crippen molar-refractivity contribution in [1.29, 1.82) is 0 Å². The summed E-state index contributed by atoms with van der Waals surface area (Å²) in [7, 11) is 0. The zero-order chi connectivity index (χ0) is 17.1. The maximum atomic E-state index is 13.9. The van der Waals surface area contributed by atoms with Crippen LogP contribution < -0.4 is 5.56 Å². The molecule has 2 aromatic carbocycles. The van der Waals surface area contributed by atoms with E-state index >= 15 is 0 Å². The van der Waals surface area contributed by atoms with Gasteiger partial charge in [-0.1, -0.05) is 35.9 Å². The fourth-order valence-electron chi connectivity index (χ4n) is 2.35. The first-order valence-corrected chi connectivity index (χ1v) is 7.69. The Labute approximate surface area is 142 Å². The summed E-state index contributed by atoms with van der Waals surface area (Å²) in [4.78, 5) is 12.0. The molecule has 1 heterocycles. The Morgan fingerprint density at radius 1 is 1.08 bits per heavy atom. The zero-order valence-electron chi connectivity index (χ0n) is 12.6. The molecule has 1 atom stereocenters. The van der Waals surface area contributed by atoms with Crippen LogP contribution in [-0.4, -0.2) is 14.9 Å². The minimum Gasteiger partial charge on any atom is -0.386 e. The van der Waals surface area contributed by atoms with Crippen molar-refractivity contribution in [2.45, 2.75) is 12.6 Å². The van der Waals surface area contributed by atoms with Gasteiger partial charge in [-0.15, -0.1) is 0 Å². The molecular formula is C18H14ClFN2O2. The number of rotatable bonds is 4. The average Bonchev–Trinajstić information content (AvgIpc) is 2.58. The number of hydrogen-bond donors (Lipinski definition) is 1. The second kappa shape index (κ2) is 6.95. The Hall–Kier alpha value is -2.50. The van der Waals surface area contributed by atoms with E-state index in [9.17, 15) is 14.3 Å². The molecule has 0 bridgehead atoms. The molecule has 1 N–H and O–H groups in total. The van der Waals surface area contributed by atoms with Gasteiger partial charge in [-0.25, -0.2) is 9.07 Å². The van der Waals surface area contributed by atoms with Gasteiger partial charge in [-0.3, -0.25) is 4.79 Å². The van der Waals surface area contributed by atoms with Gasteiger partial charge in [0.1, 0.15) is 5.82 Å². The van der Waals surface area contributed by atoms with Crippen molar-refractivity contribution in [2.75, 3.05) is 0 Å². The van der Waals surface area contributed by atoms with Crippen LogP contribution in [-0.2, 0) is 6.54 Å². The molecule has 0 aliphatic heterocycles. The standard InChI is InChI=1S/C18H14ClFN2O2/c19-13-7-5-12(6-8-13)17(23)11-22-18(24)10-9-16(21-22)14-3-1-2-4-15(14)20/h1-10,17,23H,11H2. The van der Waals surface area contributed by atoms with Crippen LogP contribution in [0.4, 0.5) is 4.39 Å². The first kappa shape index (κ1) is 16.4. The molecule has 0 radical (unpaired) electrons. The largest absolute Gasteiger partial charge is 0.386 e. The summed E-state index contributed by atoms with van der Waals surface area (Å²) in [6, 6.07) is 15.6. The van der Waals surface area contributed by atoms with Crippen LogP contribution in [0.3, 0.4) is 0 Å². The summed E-state index contributed by atoms with van der Waals surface area (Å²) in [5, 5.41) is 15.0. The van der Waals surface area contributed by atoms with Crippen LogP contribution in [0.5, 0.6) is 0 Å². The van der Waals surface area contributed by atoms with E-state index in [1.807, 2.05) is 0 Å². The quantitative estimate of drug-likeness (QED) is 0.788. The van der Waals surface area contributed by atoms with Crippen molar-refractivity contribution in [2.24, 2.45) is 0 Å². The lowest BCUT2D eigenvalue weighted by Gasteiger charge is -2.13. The highest BCUT2D eigenvalue weighted by Gasteiger charge is 2.12. The summed E-state index contributed by atoms with van der Waals surface area (Å²) in [5.41, 5.74) is 0.871. The van der Waals surface area contributed by atoms with Crippen molar-refractivity contribution in [1.82, 2.24) is 9.78 Å². The Bertz CT molecular complexity index is 909. The third-order valence-electron chi connectivity index (χ3n) is 3.62. The molecule has 0 fully saturated rings. The van der Waals surface area contributed by atoms with Crippen molar-refractivity contribution >= 4 is 11.6 Å². The van der Waals surface area contributed by atoms with Crippen molar-refractivity contribution in [3.63, 3.8) is 0 Å². The van der Waals surface area contributed by atoms with E-state index in [0.717, 1.165) is 4.68 Å². The molecular weight excluding hydrogens is 331 g/mol. The normalized spacial score (nSPS) is 12.1. The van der Waals surface area contributed by atoms with Crippen LogP contribution in [0.1, 0.15) is 11.7 Å². The first-order valence-electron chi connectivity index (χ1n) is 7.31. The highest BCUT2D eigenvalue weighted by Crippen LogP contribution is 2.20. The number of nitrogens with zero attached hydrogens (tertiary/aromatic N) is 2. The van der Waals surface area contributed by atoms with Crippen molar-refractivity contribution in [3.05, 3.63) is 87.4 Å². The minimum absolute atomic E-state index is 0.0389. The maximum absolute atomic E-state index is 13.9. The van der Waals surface area contributed by atoms with Crippen molar-refractivity contribution < 1.29 is 9.50 Å². The Morgan fingerprint density at radius 2 is 1.79 bits per heavy atom. The second-order valence-electron chi connectivity index (χ2n) is 5.29. The Morgan fingerprint density at radius 3 is 2.50 bits per heavy atom. The van der Waals surface area contributed by atoms with Crippen LogP contribution in [0.2, 0.25) is 5.02 Å². The lowest BCUT2D eigenvalue weighted by molar-refractivity contribution is 0.149. The smallest absolute Gasteiger partial charge is 0.266 e. The molecule has 1 unspecified atom stereocenters. The van der Waals surface area contributed by atoms with Crippen LogP contribution in [0, 0.1) is 5.82 Å². The van der Waals surface area contributed by atoms with E-state index in [1.165, 1.54) is 18.2 Å². The molecule has 6 heteroatoms. The third-order valence-corrected chi connectivity index (χ3v) is 3.87. The lowest BCUT2D eigenvalue weighted by atomic mass is 10.1. The highest BCUT2D eigenvalue weighted by atomic mass is 35.5. The molecule has 122 valence electrons. The number of aromatic nitrogens is 2. The molecule has 24 heavy (non-hydrogen) atoms. The highest BCUT2D eigenvalue weighted by molar-refractivity contribution is 6.30. The molecule has 0 spiro atoms. The summed E-state index contributed by atoms with van der Waals surface area (Å²) in [5.74, 6) is -0.423. The molecule has 0 aliphatic rings. The second-order valence-corrected chi connectivity index (χ2v) is 5.72. The minimum atomic E-state index is -0.927. The summed E-state index contributed by atoms with van der Waals surface area (Å²) in [6.07, 6.45) is -0.927. The first-order chi connectivity index (χ1) is 11.5. The van der Waals surface area contributed by atoms with Gasteiger partial charge in [-0.05, 0) is 35.9 Å². The summed E-state index contributed by atoms with van der Waals surface area (Å²) < 4.78 is 15.0.